The van der Waals surface area contributed by atoms with E-state index in [1.807, 2.05) is 51.1 Å². The number of aliphatic hydroxyl groups excluding tert-OH is 1. The number of hydrogen-bond donors (Lipinski definition) is 2. The molecule has 1 atom stereocenters. The first-order valence-corrected chi connectivity index (χ1v) is 9.87. The van der Waals surface area contributed by atoms with E-state index in [-0.39, 0.29) is 11.4 Å². The van der Waals surface area contributed by atoms with Crippen LogP contribution in [0.3, 0.4) is 0 Å². The second-order valence-corrected chi connectivity index (χ2v) is 8.14. The van der Waals surface area contributed by atoms with Gasteiger partial charge in [-0.15, -0.1) is 0 Å². The quantitative estimate of drug-likeness (QED) is 0.596. The number of amides is 1. The van der Waals surface area contributed by atoms with Gasteiger partial charge < -0.3 is 24.4 Å². The molecule has 0 aliphatic carbocycles. The minimum Gasteiger partial charge on any atom is -0.493 e. The molecule has 1 heterocycles. The Morgan fingerprint density at radius 2 is 1.90 bits per heavy atom. The molecule has 0 aliphatic rings. The van der Waals surface area contributed by atoms with Crippen molar-refractivity contribution in [3.8, 4) is 22.9 Å². The van der Waals surface area contributed by atoms with Crippen LogP contribution in [0.15, 0.2) is 47.0 Å². The highest BCUT2D eigenvalue weighted by Crippen LogP contribution is 2.38. The molecule has 0 saturated carbocycles. The van der Waals surface area contributed by atoms with E-state index in [0.717, 1.165) is 5.56 Å². The average molecular weight is 425 g/mol. The maximum atomic E-state index is 12.7. The highest BCUT2D eigenvalue weighted by molar-refractivity contribution is 5.85. The standard InChI is InChI=1S/C23H27N3O5/c1-14-24-21(26-31-14)17-12-18(29-5)19(30-13-15-9-7-6-8-10-15)11-16(17)20(27)22(28)25-23(2,3)4/h6-12,20,27H,13H2,1-5H3,(H,25,28). The summed E-state index contributed by atoms with van der Waals surface area (Å²) in [5.41, 5.74) is 1.15. The summed E-state index contributed by atoms with van der Waals surface area (Å²) in [4.78, 5) is 16.9. The normalized spacial score (nSPS) is 12.3. The van der Waals surface area contributed by atoms with Gasteiger partial charge in [-0.25, -0.2) is 0 Å². The molecule has 2 N–H and O–H groups in total. The largest absolute Gasteiger partial charge is 0.493 e. The van der Waals surface area contributed by atoms with E-state index in [0.29, 0.717) is 29.6 Å². The van der Waals surface area contributed by atoms with Gasteiger partial charge in [0.25, 0.3) is 5.91 Å². The molecule has 2 aromatic carbocycles. The summed E-state index contributed by atoms with van der Waals surface area (Å²) in [5, 5.41) is 17.6. The number of aromatic nitrogens is 2. The zero-order valence-electron chi connectivity index (χ0n) is 18.3. The van der Waals surface area contributed by atoms with Gasteiger partial charge in [0.05, 0.1) is 7.11 Å². The topological polar surface area (TPSA) is 107 Å². The fourth-order valence-corrected chi connectivity index (χ4v) is 2.99. The second kappa shape index (κ2) is 9.18. The van der Waals surface area contributed by atoms with Crippen LogP contribution in [0.2, 0.25) is 0 Å². The number of nitrogens with zero attached hydrogens (tertiary/aromatic N) is 2. The molecular formula is C23H27N3O5. The summed E-state index contributed by atoms with van der Waals surface area (Å²) >= 11 is 0. The lowest BCUT2D eigenvalue weighted by Crippen LogP contribution is -2.43. The van der Waals surface area contributed by atoms with Crippen molar-refractivity contribution < 1.29 is 23.9 Å². The molecule has 8 heteroatoms. The summed E-state index contributed by atoms with van der Waals surface area (Å²) in [5.74, 6) is 0.850. The number of carbonyl (C=O) groups is 1. The van der Waals surface area contributed by atoms with E-state index in [9.17, 15) is 9.90 Å². The van der Waals surface area contributed by atoms with Crippen LogP contribution in [0.25, 0.3) is 11.4 Å². The Labute approximate surface area is 181 Å². The van der Waals surface area contributed by atoms with Gasteiger partial charge >= 0.3 is 0 Å². The van der Waals surface area contributed by atoms with Crippen molar-refractivity contribution in [1.82, 2.24) is 15.5 Å². The Hall–Kier alpha value is -3.39. The van der Waals surface area contributed by atoms with E-state index in [1.165, 1.54) is 7.11 Å². The Balaban J connectivity index is 2.02. The Bertz CT molecular complexity index is 1040. The molecule has 1 amide bonds. The number of nitrogens with one attached hydrogen (secondary N) is 1. The number of methoxy groups -OCH3 is 1. The van der Waals surface area contributed by atoms with Gasteiger partial charge in [-0.2, -0.15) is 4.98 Å². The maximum Gasteiger partial charge on any atom is 0.253 e. The lowest BCUT2D eigenvalue weighted by atomic mass is 9.98. The first-order valence-electron chi connectivity index (χ1n) is 9.87. The lowest BCUT2D eigenvalue weighted by molar-refractivity contribution is -0.131. The van der Waals surface area contributed by atoms with E-state index < -0.39 is 17.6 Å². The van der Waals surface area contributed by atoms with E-state index >= 15 is 0 Å². The molecule has 164 valence electrons. The first-order chi connectivity index (χ1) is 14.7. The van der Waals surface area contributed by atoms with Crippen molar-refractivity contribution in [3.05, 3.63) is 59.5 Å². The minimum absolute atomic E-state index is 0.239. The molecule has 0 aliphatic heterocycles. The summed E-state index contributed by atoms with van der Waals surface area (Å²) in [6.45, 7) is 7.46. The van der Waals surface area contributed by atoms with Gasteiger partial charge in [0.15, 0.2) is 17.6 Å². The number of carbonyl (C=O) groups excluding carboxylic acids is 1. The van der Waals surface area contributed by atoms with E-state index in [4.69, 9.17) is 14.0 Å². The van der Waals surface area contributed by atoms with Crippen LogP contribution >= 0.6 is 0 Å². The van der Waals surface area contributed by atoms with Gasteiger partial charge in [0, 0.05) is 23.6 Å². The van der Waals surface area contributed by atoms with Crippen molar-refractivity contribution in [1.29, 1.82) is 0 Å². The molecule has 0 spiro atoms. The highest BCUT2D eigenvalue weighted by atomic mass is 16.5. The van der Waals surface area contributed by atoms with E-state index in [1.54, 1.807) is 19.1 Å². The minimum atomic E-state index is -1.47. The zero-order valence-corrected chi connectivity index (χ0v) is 18.3. The highest BCUT2D eigenvalue weighted by Gasteiger charge is 2.28. The Morgan fingerprint density at radius 3 is 2.48 bits per heavy atom. The molecule has 0 radical (unpaired) electrons. The third-order valence-electron chi connectivity index (χ3n) is 4.38. The summed E-state index contributed by atoms with van der Waals surface area (Å²) in [6, 6.07) is 12.9. The number of benzene rings is 2. The predicted molar refractivity (Wildman–Crippen MR) is 115 cm³/mol. The Morgan fingerprint density at radius 1 is 1.19 bits per heavy atom. The molecule has 0 saturated heterocycles. The molecular weight excluding hydrogens is 398 g/mol. The van der Waals surface area contributed by atoms with Gasteiger partial charge in [-0.1, -0.05) is 35.5 Å². The van der Waals surface area contributed by atoms with Crippen LogP contribution in [0.4, 0.5) is 0 Å². The first kappa shape index (κ1) is 22.3. The fourth-order valence-electron chi connectivity index (χ4n) is 2.99. The maximum absolute atomic E-state index is 12.7. The van der Waals surface area contributed by atoms with Crippen LogP contribution in [0, 0.1) is 6.92 Å². The monoisotopic (exact) mass is 425 g/mol. The fraction of sp³-hybridized carbons (Fsp3) is 0.348. The van der Waals surface area contributed by atoms with Crippen molar-refractivity contribution in [2.45, 2.75) is 45.9 Å². The van der Waals surface area contributed by atoms with Crippen LogP contribution in [-0.2, 0) is 11.4 Å². The van der Waals surface area contributed by atoms with Crippen molar-refractivity contribution >= 4 is 5.91 Å². The van der Waals surface area contributed by atoms with Crippen LogP contribution in [0.5, 0.6) is 11.5 Å². The predicted octanol–water partition coefficient (Wildman–Crippen LogP) is 3.58. The molecule has 0 fully saturated rings. The molecule has 1 aromatic heterocycles. The third-order valence-corrected chi connectivity index (χ3v) is 4.38. The van der Waals surface area contributed by atoms with Crippen molar-refractivity contribution in [2.24, 2.45) is 0 Å². The SMILES string of the molecule is COc1cc(-c2noc(C)n2)c(C(O)C(=O)NC(C)(C)C)cc1OCc1ccccc1. The number of ether oxygens (including phenoxy) is 2. The smallest absolute Gasteiger partial charge is 0.253 e. The van der Waals surface area contributed by atoms with Gasteiger partial charge in [-0.3, -0.25) is 4.79 Å². The van der Waals surface area contributed by atoms with Crippen molar-refractivity contribution in [3.63, 3.8) is 0 Å². The van der Waals surface area contributed by atoms with Gasteiger partial charge in [0.1, 0.15) is 6.61 Å². The summed E-state index contributed by atoms with van der Waals surface area (Å²) in [7, 11) is 1.51. The lowest BCUT2D eigenvalue weighted by Gasteiger charge is -2.24. The third kappa shape index (κ3) is 5.61. The van der Waals surface area contributed by atoms with Crippen LogP contribution < -0.4 is 14.8 Å². The molecule has 1 unspecified atom stereocenters. The van der Waals surface area contributed by atoms with Crippen molar-refractivity contribution in [2.75, 3.05) is 7.11 Å². The molecule has 0 bridgehead atoms. The molecule has 3 rings (SSSR count). The van der Waals surface area contributed by atoms with Crippen LogP contribution in [-0.4, -0.2) is 33.8 Å². The van der Waals surface area contributed by atoms with Crippen LogP contribution in [0.1, 0.15) is 43.9 Å². The molecule has 8 nitrogen and oxygen atoms in total. The number of aryl methyl sites for hydroxylation is 1. The van der Waals surface area contributed by atoms with E-state index in [2.05, 4.69) is 15.5 Å². The number of aliphatic hydroxyl groups is 1. The summed E-state index contributed by atoms with van der Waals surface area (Å²) < 4.78 is 16.5. The Kier molecular flexibility index (Phi) is 6.60. The number of hydrogen-bond acceptors (Lipinski definition) is 7. The second-order valence-electron chi connectivity index (χ2n) is 8.14. The van der Waals surface area contributed by atoms with Gasteiger partial charge in [0.2, 0.25) is 11.7 Å². The number of rotatable bonds is 7. The molecule has 3 aromatic rings. The average Bonchev–Trinajstić information content (AvgIpc) is 3.16. The molecule has 31 heavy (non-hydrogen) atoms. The zero-order chi connectivity index (χ0) is 22.6. The summed E-state index contributed by atoms with van der Waals surface area (Å²) in [6.07, 6.45) is -1.47. The van der Waals surface area contributed by atoms with Gasteiger partial charge in [-0.05, 0) is 38.5 Å².